The molecule has 0 fully saturated rings. The van der Waals surface area contributed by atoms with Gasteiger partial charge in [0.2, 0.25) is 0 Å². The van der Waals surface area contributed by atoms with Gasteiger partial charge in [0.25, 0.3) is 0 Å². The molecule has 1 aromatic heterocycles. The maximum absolute atomic E-state index is 10.6. The summed E-state index contributed by atoms with van der Waals surface area (Å²) in [5.41, 5.74) is 0. The van der Waals surface area contributed by atoms with Crippen molar-refractivity contribution in [2.75, 3.05) is 0 Å². The van der Waals surface area contributed by atoms with Gasteiger partial charge >= 0.3 is 18.1 Å². The molecule has 2 aromatic rings. The minimum Gasteiger partial charge on any atom is -0.481 e. The Morgan fingerprint density at radius 3 is 1.91 bits per heavy atom. The number of pyridine rings is 1. The van der Waals surface area contributed by atoms with Gasteiger partial charge in [0, 0.05) is 18.8 Å². The summed E-state index contributed by atoms with van der Waals surface area (Å²) in [5, 5.41) is 17.3. The van der Waals surface area contributed by atoms with Crippen LogP contribution in [0.15, 0.2) is 42.7 Å². The first-order valence-electron chi connectivity index (χ1n) is 5.99. The van der Waals surface area contributed by atoms with E-state index in [1.165, 1.54) is 10.8 Å². The van der Waals surface area contributed by atoms with Gasteiger partial charge in [0.05, 0.1) is 0 Å². The van der Waals surface area contributed by atoms with Gasteiger partial charge in [-0.05, 0) is 16.8 Å². The Labute approximate surface area is 124 Å². The maximum Gasteiger partial charge on any atom is 0.490 e. The zero-order valence-electron chi connectivity index (χ0n) is 11.5. The van der Waals surface area contributed by atoms with Gasteiger partial charge in [-0.3, -0.25) is 9.78 Å². The molecule has 1 aromatic carbocycles. The third-order valence-electron chi connectivity index (χ3n) is 2.09. The number of carbonyl (C=O) groups is 2. The molecule has 22 heavy (non-hydrogen) atoms. The molecule has 0 atom stereocenters. The maximum atomic E-state index is 10.6. The summed E-state index contributed by atoms with van der Waals surface area (Å²) < 4.78 is 31.7. The van der Waals surface area contributed by atoms with E-state index in [-0.39, 0.29) is 6.42 Å². The summed E-state index contributed by atoms with van der Waals surface area (Å²) in [5.74, 6) is -3.50. The third kappa shape index (κ3) is 8.51. The van der Waals surface area contributed by atoms with E-state index in [1.807, 2.05) is 30.6 Å². The Morgan fingerprint density at radius 2 is 1.55 bits per heavy atom. The minimum absolute atomic E-state index is 0.222. The monoisotopic (exact) mass is 317 g/mol. The second-order valence-electron chi connectivity index (χ2n) is 3.77. The van der Waals surface area contributed by atoms with Crippen LogP contribution in [-0.4, -0.2) is 33.3 Å². The summed E-state index contributed by atoms with van der Waals surface area (Å²) in [6.07, 6.45) is -1.18. The van der Waals surface area contributed by atoms with Crippen molar-refractivity contribution in [3.05, 3.63) is 42.7 Å². The number of aliphatic carboxylic acids is 2. The first-order valence-corrected chi connectivity index (χ1v) is 5.99. The molecule has 120 valence electrons. The Hall–Kier alpha value is -2.64. The molecule has 0 spiro atoms. The lowest BCUT2D eigenvalue weighted by Gasteiger charge is -1.93. The van der Waals surface area contributed by atoms with E-state index >= 15 is 0 Å². The molecular weight excluding hydrogens is 303 g/mol. The molecule has 0 bridgehead atoms. The van der Waals surface area contributed by atoms with Gasteiger partial charge in [-0.1, -0.05) is 31.2 Å². The first kappa shape index (κ1) is 19.4. The predicted octanol–water partition coefficient (Wildman–Crippen LogP) is 3.35. The summed E-state index contributed by atoms with van der Waals surface area (Å²) >= 11 is 0. The zero-order chi connectivity index (χ0) is 17.2. The van der Waals surface area contributed by atoms with Crippen LogP contribution in [0.1, 0.15) is 13.3 Å². The Balaban J connectivity index is 0.000000326. The van der Waals surface area contributed by atoms with E-state index in [2.05, 4.69) is 17.1 Å². The normalized spacial score (nSPS) is 9.82. The number of carboxylic acid groups (broad SMARTS) is 2. The fraction of sp³-hybridized carbons (Fsp3) is 0.214. The minimum atomic E-state index is -5.08. The highest BCUT2D eigenvalue weighted by Gasteiger charge is 2.38. The fourth-order valence-electron chi connectivity index (χ4n) is 1.03. The average molecular weight is 317 g/mol. The van der Waals surface area contributed by atoms with Gasteiger partial charge in [-0.15, -0.1) is 0 Å². The van der Waals surface area contributed by atoms with Crippen LogP contribution in [0.25, 0.3) is 10.8 Å². The van der Waals surface area contributed by atoms with Crippen molar-refractivity contribution < 1.29 is 33.0 Å². The molecule has 8 heteroatoms. The second kappa shape index (κ2) is 9.32. The van der Waals surface area contributed by atoms with Gasteiger partial charge in [-0.2, -0.15) is 13.2 Å². The molecule has 2 rings (SSSR count). The highest BCUT2D eigenvalue weighted by Crippen LogP contribution is 2.13. The van der Waals surface area contributed by atoms with E-state index in [0.717, 1.165) is 0 Å². The van der Waals surface area contributed by atoms with Crippen LogP contribution in [0, 0.1) is 0 Å². The highest BCUT2D eigenvalue weighted by atomic mass is 19.4. The van der Waals surface area contributed by atoms with E-state index in [4.69, 9.17) is 15.0 Å². The molecule has 0 aliphatic heterocycles. The quantitative estimate of drug-likeness (QED) is 0.842. The van der Waals surface area contributed by atoms with Crippen molar-refractivity contribution in [1.82, 2.24) is 4.98 Å². The highest BCUT2D eigenvalue weighted by molar-refractivity contribution is 5.80. The predicted molar refractivity (Wildman–Crippen MR) is 73.4 cm³/mol. The molecule has 0 saturated carbocycles. The number of fused-ring (bicyclic) bond motifs is 1. The number of aromatic nitrogens is 1. The Morgan fingerprint density at radius 1 is 1.09 bits per heavy atom. The van der Waals surface area contributed by atoms with Gasteiger partial charge in [-0.25, -0.2) is 4.79 Å². The lowest BCUT2D eigenvalue weighted by Crippen LogP contribution is -2.21. The van der Waals surface area contributed by atoms with E-state index < -0.39 is 18.1 Å². The van der Waals surface area contributed by atoms with Crippen LogP contribution in [0.2, 0.25) is 0 Å². The summed E-state index contributed by atoms with van der Waals surface area (Å²) in [7, 11) is 0. The SMILES string of the molecule is CCC(=O)O.O=C(O)C(F)(F)F.c1ccc2cnccc2c1. The van der Waals surface area contributed by atoms with Crippen molar-refractivity contribution >= 4 is 22.7 Å². The number of carboxylic acids is 2. The third-order valence-corrected chi connectivity index (χ3v) is 2.09. The molecule has 1 heterocycles. The van der Waals surface area contributed by atoms with Gasteiger partial charge < -0.3 is 10.2 Å². The molecule has 0 aliphatic rings. The van der Waals surface area contributed by atoms with Gasteiger partial charge in [0.1, 0.15) is 0 Å². The number of hydrogen-bond acceptors (Lipinski definition) is 3. The van der Waals surface area contributed by atoms with Crippen molar-refractivity contribution in [2.24, 2.45) is 0 Å². The number of benzene rings is 1. The van der Waals surface area contributed by atoms with Crippen molar-refractivity contribution in [3.8, 4) is 0 Å². The molecule has 0 amide bonds. The van der Waals surface area contributed by atoms with Crippen LogP contribution in [0.3, 0.4) is 0 Å². The topological polar surface area (TPSA) is 87.5 Å². The standard InChI is InChI=1S/C9H7N.C3H6O2.C2HF3O2/c1-2-4-9-7-10-6-5-8(9)3-1;1-2-3(4)5;3-2(4,5)1(6)7/h1-7H;2H2,1H3,(H,4,5);(H,6,7). The zero-order valence-corrected chi connectivity index (χ0v) is 11.5. The molecule has 2 N–H and O–H groups in total. The molecular formula is C14H14F3NO4. The summed E-state index contributed by atoms with van der Waals surface area (Å²) in [4.78, 5) is 22.3. The van der Waals surface area contributed by atoms with E-state index in [0.29, 0.717) is 0 Å². The van der Waals surface area contributed by atoms with Crippen LogP contribution in [-0.2, 0) is 9.59 Å². The molecule has 0 radical (unpaired) electrons. The van der Waals surface area contributed by atoms with Crippen molar-refractivity contribution in [2.45, 2.75) is 19.5 Å². The van der Waals surface area contributed by atoms with Crippen LogP contribution in [0.5, 0.6) is 0 Å². The number of alkyl halides is 3. The number of nitrogens with zero attached hydrogens (tertiary/aromatic N) is 1. The molecule has 0 aliphatic carbocycles. The largest absolute Gasteiger partial charge is 0.490 e. The van der Waals surface area contributed by atoms with Gasteiger partial charge in [0.15, 0.2) is 0 Å². The van der Waals surface area contributed by atoms with Crippen LogP contribution >= 0.6 is 0 Å². The second-order valence-corrected chi connectivity index (χ2v) is 3.77. The van der Waals surface area contributed by atoms with E-state index in [1.54, 1.807) is 6.92 Å². The fourth-order valence-corrected chi connectivity index (χ4v) is 1.03. The molecule has 0 unspecified atom stereocenters. The Bertz CT molecular complexity index is 549. The van der Waals surface area contributed by atoms with Crippen molar-refractivity contribution in [1.29, 1.82) is 0 Å². The van der Waals surface area contributed by atoms with Crippen LogP contribution in [0.4, 0.5) is 13.2 Å². The Kier molecular flexibility index (Phi) is 8.21. The summed E-state index contributed by atoms with van der Waals surface area (Å²) in [6.45, 7) is 1.60. The first-order chi connectivity index (χ1) is 10.2. The summed E-state index contributed by atoms with van der Waals surface area (Å²) in [6, 6.07) is 10.2. The van der Waals surface area contributed by atoms with E-state index in [9.17, 15) is 18.0 Å². The smallest absolute Gasteiger partial charge is 0.481 e. The average Bonchev–Trinajstić information content (AvgIpc) is 2.47. The number of hydrogen-bond donors (Lipinski definition) is 2. The molecule has 5 nitrogen and oxygen atoms in total. The lowest BCUT2D eigenvalue weighted by molar-refractivity contribution is -0.192. The number of rotatable bonds is 1. The van der Waals surface area contributed by atoms with Crippen LogP contribution < -0.4 is 0 Å². The lowest BCUT2D eigenvalue weighted by atomic mass is 10.2. The molecule has 0 saturated heterocycles. The number of halogens is 3. The van der Waals surface area contributed by atoms with Crippen molar-refractivity contribution in [3.63, 3.8) is 0 Å².